The van der Waals surface area contributed by atoms with E-state index in [1.54, 1.807) is 0 Å². The van der Waals surface area contributed by atoms with Crippen molar-refractivity contribution in [2.24, 2.45) is 0 Å². The van der Waals surface area contributed by atoms with Gasteiger partial charge in [-0.3, -0.25) is 4.98 Å². The van der Waals surface area contributed by atoms with Gasteiger partial charge < -0.3 is 0 Å². The molecule has 0 atom stereocenters. The van der Waals surface area contributed by atoms with Crippen molar-refractivity contribution in [3.63, 3.8) is 0 Å². The van der Waals surface area contributed by atoms with Gasteiger partial charge in [0.05, 0.1) is 5.69 Å². The third-order valence-electron chi connectivity index (χ3n) is 1.94. The Kier molecular flexibility index (Phi) is 4.82. The molecule has 0 radical (unpaired) electrons. The van der Waals surface area contributed by atoms with Crippen molar-refractivity contribution in [3.05, 3.63) is 41.2 Å². The molecule has 2 rings (SSSR count). The average molecular weight is 201 g/mol. The van der Waals surface area contributed by atoms with Crippen LogP contribution in [0.15, 0.2) is 24.3 Å². The minimum Gasteiger partial charge on any atom is -0.253 e. The summed E-state index contributed by atoms with van der Waals surface area (Å²) >= 11 is 0. The van der Waals surface area contributed by atoms with Crippen LogP contribution in [0.4, 0.5) is 0 Å². The zero-order chi connectivity index (χ0) is 11.1. The van der Waals surface area contributed by atoms with Gasteiger partial charge in [0.15, 0.2) is 0 Å². The molecule has 0 N–H and O–H groups in total. The fraction of sp³-hybridized carbons (Fsp3) is 0.357. The number of hydrogen-bond acceptors (Lipinski definition) is 1. The van der Waals surface area contributed by atoms with E-state index in [0.29, 0.717) is 0 Å². The van der Waals surface area contributed by atoms with Crippen LogP contribution in [-0.4, -0.2) is 4.98 Å². The van der Waals surface area contributed by atoms with Crippen LogP contribution < -0.4 is 0 Å². The Hall–Kier alpha value is -1.37. The van der Waals surface area contributed by atoms with E-state index in [0.717, 1.165) is 17.8 Å². The first-order valence-electron chi connectivity index (χ1n) is 5.58. The van der Waals surface area contributed by atoms with Crippen LogP contribution in [0.25, 0.3) is 12.2 Å². The molecule has 0 aromatic carbocycles. The Morgan fingerprint density at radius 3 is 2.53 bits per heavy atom. The van der Waals surface area contributed by atoms with Gasteiger partial charge in [0.25, 0.3) is 0 Å². The summed E-state index contributed by atoms with van der Waals surface area (Å²) in [7, 11) is 0. The van der Waals surface area contributed by atoms with E-state index in [4.69, 9.17) is 0 Å². The van der Waals surface area contributed by atoms with Crippen LogP contribution in [0.3, 0.4) is 0 Å². The Morgan fingerprint density at radius 2 is 1.80 bits per heavy atom. The van der Waals surface area contributed by atoms with Crippen LogP contribution in [-0.2, 0) is 0 Å². The lowest BCUT2D eigenvalue weighted by Gasteiger charge is -1.99. The molecule has 0 aliphatic heterocycles. The van der Waals surface area contributed by atoms with Crippen molar-refractivity contribution >= 4 is 12.2 Å². The van der Waals surface area contributed by atoms with Gasteiger partial charge in [-0.25, -0.2) is 0 Å². The van der Waals surface area contributed by atoms with Crippen molar-refractivity contribution in [3.8, 4) is 0 Å². The standard InChI is InChI=1S/C11H11N.C3H8/c1-9-7-8-10-5-3-2-4-6-11(10)12-9;1-3-2/h3-8H,2H2,1H3;3H2,1-2H3. The molecular weight excluding hydrogens is 182 g/mol. The highest BCUT2D eigenvalue weighted by Gasteiger charge is 1.99. The molecule has 0 saturated heterocycles. The topological polar surface area (TPSA) is 12.9 Å². The number of rotatable bonds is 0. The Balaban J connectivity index is 0.000000337. The third kappa shape index (κ3) is 3.70. The van der Waals surface area contributed by atoms with E-state index in [-0.39, 0.29) is 0 Å². The molecule has 1 heterocycles. The van der Waals surface area contributed by atoms with Crippen LogP contribution in [0, 0.1) is 6.92 Å². The van der Waals surface area contributed by atoms with Crippen LogP contribution >= 0.6 is 0 Å². The Bertz CT molecular complexity index is 362. The number of nitrogens with zero attached hydrogens (tertiary/aromatic N) is 1. The van der Waals surface area contributed by atoms with Crippen LogP contribution in [0.2, 0.25) is 0 Å². The van der Waals surface area contributed by atoms with Gasteiger partial charge in [-0.2, -0.15) is 0 Å². The average Bonchev–Trinajstić information content (AvgIpc) is 2.43. The summed E-state index contributed by atoms with van der Waals surface area (Å²) in [4.78, 5) is 4.44. The lowest BCUT2D eigenvalue weighted by Crippen LogP contribution is -1.88. The van der Waals surface area contributed by atoms with Crippen molar-refractivity contribution < 1.29 is 0 Å². The first kappa shape index (κ1) is 11.7. The fourth-order valence-corrected chi connectivity index (χ4v) is 1.32. The van der Waals surface area contributed by atoms with Gasteiger partial charge >= 0.3 is 0 Å². The largest absolute Gasteiger partial charge is 0.253 e. The smallest absolute Gasteiger partial charge is 0.0701 e. The van der Waals surface area contributed by atoms with Gasteiger partial charge in [-0.1, -0.05) is 44.6 Å². The molecule has 1 aromatic rings. The van der Waals surface area contributed by atoms with Crippen molar-refractivity contribution in [2.75, 3.05) is 0 Å². The summed E-state index contributed by atoms with van der Waals surface area (Å²) in [5.41, 5.74) is 3.38. The quantitative estimate of drug-likeness (QED) is 0.612. The highest BCUT2D eigenvalue weighted by atomic mass is 14.7. The van der Waals surface area contributed by atoms with Gasteiger partial charge in [0.1, 0.15) is 0 Å². The maximum atomic E-state index is 4.44. The molecule has 15 heavy (non-hydrogen) atoms. The second-order valence-corrected chi connectivity index (χ2v) is 3.67. The minimum atomic E-state index is 1.01. The van der Waals surface area contributed by atoms with Gasteiger partial charge in [0, 0.05) is 5.69 Å². The molecule has 0 amide bonds. The predicted octanol–water partition coefficient (Wildman–Crippen LogP) is 4.24. The van der Waals surface area contributed by atoms with Crippen molar-refractivity contribution in [2.45, 2.75) is 33.6 Å². The summed E-state index contributed by atoms with van der Waals surface area (Å²) in [6.07, 6.45) is 10.8. The molecule has 1 nitrogen and oxygen atoms in total. The molecule has 0 unspecified atom stereocenters. The van der Waals surface area contributed by atoms with E-state index >= 15 is 0 Å². The van der Waals surface area contributed by atoms with Crippen molar-refractivity contribution in [1.29, 1.82) is 0 Å². The minimum absolute atomic E-state index is 1.01. The number of allylic oxidation sites excluding steroid dienone is 2. The maximum Gasteiger partial charge on any atom is 0.0701 e. The molecule has 1 heteroatoms. The highest BCUT2D eigenvalue weighted by molar-refractivity contribution is 5.64. The van der Waals surface area contributed by atoms with Gasteiger partial charge in [-0.15, -0.1) is 0 Å². The number of aromatic nitrogens is 1. The monoisotopic (exact) mass is 201 g/mol. The van der Waals surface area contributed by atoms with Crippen molar-refractivity contribution in [1.82, 2.24) is 4.98 Å². The normalized spacial score (nSPS) is 12.5. The zero-order valence-electron chi connectivity index (χ0n) is 9.83. The fourth-order valence-electron chi connectivity index (χ4n) is 1.32. The summed E-state index contributed by atoms with van der Waals surface area (Å²) in [5, 5.41) is 0. The first-order chi connectivity index (χ1) is 7.27. The van der Waals surface area contributed by atoms with E-state index < -0.39 is 0 Å². The SMILES string of the molecule is CCC.Cc1ccc2c(n1)C=CCC=C2. The molecule has 0 spiro atoms. The molecule has 80 valence electrons. The number of pyridine rings is 1. The molecule has 1 aliphatic rings. The summed E-state index contributed by atoms with van der Waals surface area (Å²) in [5.74, 6) is 0. The number of fused-ring (bicyclic) bond motifs is 1. The summed E-state index contributed by atoms with van der Waals surface area (Å²) in [6.45, 7) is 6.27. The predicted molar refractivity (Wildman–Crippen MR) is 67.6 cm³/mol. The molecule has 1 aliphatic carbocycles. The molecule has 1 aromatic heterocycles. The lowest BCUT2D eigenvalue weighted by atomic mass is 10.2. The highest BCUT2D eigenvalue weighted by Crippen LogP contribution is 2.15. The maximum absolute atomic E-state index is 4.44. The van der Waals surface area contributed by atoms with E-state index in [2.05, 4.69) is 49.2 Å². The summed E-state index contributed by atoms with van der Waals surface area (Å²) < 4.78 is 0. The van der Waals surface area contributed by atoms with Gasteiger partial charge in [-0.05, 0) is 31.1 Å². The molecule has 0 fully saturated rings. The Labute approximate surface area is 92.6 Å². The van der Waals surface area contributed by atoms with Gasteiger partial charge in [0.2, 0.25) is 0 Å². The number of aryl methyl sites for hydroxylation is 1. The zero-order valence-corrected chi connectivity index (χ0v) is 9.83. The molecular formula is C14H19N. The number of hydrogen-bond donors (Lipinski definition) is 0. The van der Waals surface area contributed by atoms with E-state index in [1.165, 1.54) is 12.0 Å². The molecule has 0 bridgehead atoms. The lowest BCUT2D eigenvalue weighted by molar-refractivity contribution is 1.09. The van der Waals surface area contributed by atoms with E-state index in [9.17, 15) is 0 Å². The second kappa shape index (κ2) is 6.18. The Morgan fingerprint density at radius 1 is 1.13 bits per heavy atom. The summed E-state index contributed by atoms with van der Waals surface area (Å²) in [6, 6.07) is 4.16. The van der Waals surface area contributed by atoms with E-state index in [1.807, 2.05) is 13.0 Å². The second-order valence-electron chi connectivity index (χ2n) is 3.67. The third-order valence-corrected chi connectivity index (χ3v) is 1.94. The van der Waals surface area contributed by atoms with Crippen LogP contribution in [0.5, 0.6) is 0 Å². The molecule has 0 saturated carbocycles. The van der Waals surface area contributed by atoms with Crippen LogP contribution in [0.1, 0.15) is 43.6 Å². The first-order valence-corrected chi connectivity index (χ1v) is 5.58.